The van der Waals surface area contributed by atoms with Crippen LogP contribution in [0.2, 0.25) is 0 Å². The van der Waals surface area contributed by atoms with Crippen LogP contribution in [0.3, 0.4) is 0 Å². The van der Waals surface area contributed by atoms with Crippen LogP contribution >= 0.6 is 0 Å². The number of benzene rings is 10. The summed E-state index contributed by atoms with van der Waals surface area (Å²) >= 11 is 0. The molecule has 3 heteroatoms. The number of hydrogen-bond acceptors (Lipinski definition) is 3. The van der Waals surface area contributed by atoms with Gasteiger partial charge in [-0.1, -0.05) is 146 Å². The topological polar surface area (TPSA) is 29.5 Å². The molecule has 12 rings (SSSR count). The minimum atomic E-state index is 0.834. The van der Waals surface area contributed by atoms with Gasteiger partial charge in [0, 0.05) is 39.2 Å². The molecule has 0 aliphatic rings. The van der Waals surface area contributed by atoms with Gasteiger partial charge in [-0.2, -0.15) is 0 Å². The van der Waals surface area contributed by atoms with E-state index in [2.05, 4.69) is 211 Å². The van der Waals surface area contributed by atoms with E-state index in [4.69, 9.17) is 8.83 Å². The van der Waals surface area contributed by atoms with Crippen molar-refractivity contribution in [3.05, 3.63) is 212 Å². The molecule has 0 atom stereocenters. The van der Waals surface area contributed by atoms with Crippen LogP contribution in [0.4, 0.5) is 17.1 Å². The van der Waals surface area contributed by atoms with Gasteiger partial charge in [-0.05, 0) is 110 Å². The Kier molecular flexibility index (Phi) is 7.54. The maximum atomic E-state index is 7.00. The highest BCUT2D eigenvalue weighted by Crippen LogP contribution is 2.48. The predicted octanol–water partition coefficient (Wildman–Crippen LogP) is 16.3. The van der Waals surface area contributed by atoms with Gasteiger partial charge >= 0.3 is 0 Å². The van der Waals surface area contributed by atoms with Crippen LogP contribution in [0.15, 0.2) is 221 Å². The number of anilines is 3. The van der Waals surface area contributed by atoms with Crippen molar-refractivity contribution in [2.24, 2.45) is 0 Å². The van der Waals surface area contributed by atoms with Crippen LogP contribution in [0.1, 0.15) is 0 Å². The van der Waals surface area contributed by atoms with Crippen molar-refractivity contribution in [1.82, 2.24) is 0 Å². The predicted molar refractivity (Wildman–Crippen MR) is 247 cm³/mol. The van der Waals surface area contributed by atoms with E-state index >= 15 is 0 Å². The highest BCUT2D eigenvalue weighted by molar-refractivity contribution is 6.18. The van der Waals surface area contributed by atoms with Crippen molar-refractivity contribution in [3.63, 3.8) is 0 Å². The van der Waals surface area contributed by atoms with E-state index in [-0.39, 0.29) is 0 Å². The first-order chi connectivity index (χ1) is 29.2. The van der Waals surface area contributed by atoms with E-state index < -0.39 is 0 Å². The van der Waals surface area contributed by atoms with E-state index in [0.29, 0.717) is 0 Å². The van der Waals surface area contributed by atoms with E-state index in [1.54, 1.807) is 0 Å². The molecule has 0 amide bonds. The fourth-order valence-electron chi connectivity index (χ4n) is 8.97. The van der Waals surface area contributed by atoms with Crippen molar-refractivity contribution >= 4 is 82.5 Å². The van der Waals surface area contributed by atoms with Crippen LogP contribution in [-0.4, -0.2) is 0 Å². The summed E-state index contributed by atoms with van der Waals surface area (Å²) in [5.41, 5.74) is 13.2. The van der Waals surface area contributed by atoms with Gasteiger partial charge < -0.3 is 13.7 Å². The Morgan fingerprint density at radius 2 is 0.831 bits per heavy atom. The van der Waals surface area contributed by atoms with Gasteiger partial charge in [0.25, 0.3) is 0 Å². The summed E-state index contributed by atoms with van der Waals surface area (Å²) < 4.78 is 13.7. The molecule has 12 aromatic rings. The Labute approximate surface area is 340 Å². The fraction of sp³-hybridized carbons (Fsp3) is 0. The molecule has 0 saturated carbocycles. The Morgan fingerprint density at radius 3 is 1.54 bits per heavy atom. The van der Waals surface area contributed by atoms with Crippen molar-refractivity contribution in [3.8, 4) is 33.4 Å². The SMILES string of the molecule is c1ccc(-c2ccc3c(c2)oc2cc(N(c4ccc5ccc6ccccc6c5c4)c4ccc(-c5ccccc5)c5oc6cc(-c7ccccc7)ccc6c45)ccc23)cc1. The summed E-state index contributed by atoms with van der Waals surface area (Å²) in [5.74, 6) is 0. The molecule has 2 heterocycles. The van der Waals surface area contributed by atoms with Gasteiger partial charge in [0.2, 0.25) is 0 Å². The van der Waals surface area contributed by atoms with Gasteiger partial charge in [-0.15, -0.1) is 0 Å². The molecular formula is C56H35NO2. The first kappa shape index (κ1) is 33.3. The van der Waals surface area contributed by atoms with Crippen LogP contribution in [0.5, 0.6) is 0 Å². The van der Waals surface area contributed by atoms with Crippen LogP contribution in [0.25, 0.3) is 98.8 Å². The van der Waals surface area contributed by atoms with E-state index in [9.17, 15) is 0 Å². The van der Waals surface area contributed by atoms with Crippen molar-refractivity contribution < 1.29 is 8.83 Å². The number of hydrogen-bond donors (Lipinski definition) is 0. The van der Waals surface area contributed by atoms with Gasteiger partial charge in [0.15, 0.2) is 0 Å². The number of fused-ring (bicyclic) bond motifs is 9. The maximum Gasteiger partial charge on any atom is 0.145 e. The Hall–Kier alpha value is -7.88. The summed E-state index contributed by atoms with van der Waals surface area (Å²) in [6.07, 6.45) is 0. The lowest BCUT2D eigenvalue weighted by Gasteiger charge is -2.27. The quantitative estimate of drug-likeness (QED) is 0.158. The van der Waals surface area contributed by atoms with E-state index in [1.807, 2.05) is 6.07 Å². The van der Waals surface area contributed by atoms with Crippen LogP contribution in [0, 0.1) is 0 Å². The highest BCUT2D eigenvalue weighted by Gasteiger charge is 2.24. The van der Waals surface area contributed by atoms with Crippen LogP contribution < -0.4 is 4.90 Å². The lowest BCUT2D eigenvalue weighted by Crippen LogP contribution is -2.10. The Balaban J connectivity index is 1.12. The van der Waals surface area contributed by atoms with Crippen LogP contribution in [-0.2, 0) is 0 Å². The number of furan rings is 2. The van der Waals surface area contributed by atoms with Crippen molar-refractivity contribution in [2.75, 3.05) is 4.90 Å². The number of rotatable bonds is 6. The monoisotopic (exact) mass is 753 g/mol. The average molecular weight is 754 g/mol. The molecule has 0 aliphatic carbocycles. The largest absolute Gasteiger partial charge is 0.456 e. The molecule has 0 spiro atoms. The Morgan fingerprint density at radius 1 is 0.305 bits per heavy atom. The van der Waals surface area contributed by atoms with Gasteiger partial charge in [-0.3, -0.25) is 0 Å². The second-order valence-corrected chi connectivity index (χ2v) is 15.3. The van der Waals surface area contributed by atoms with E-state index in [1.165, 1.54) is 21.5 Å². The zero-order valence-electron chi connectivity index (χ0n) is 32.0. The second-order valence-electron chi connectivity index (χ2n) is 15.3. The summed E-state index contributed by atoms with van der Waals surface area (Å²) in [6, 6.07) is 75.6. The Bertz CT molecular complexity index is 3550. The summed E-state index contributed by atoms with van der Waals surface area (Å²) in [6.45, 7) is 0. The first-order valence-electron chi connectivity index (χ1n) is 20.1. The normalized spacial score (nSPS) is 11.7. The van der Waals surface area contributed by atoms with Crippen molar-refractivity contribution in [2.45, 2.75) is 0 Å². The average Bonchev–Trinajstić information content (AvgIpc) is 3.88. The zero-order valence-corrected chi connectivity index (χ0v) is 32.0. The molecule has 0 bridgehead atoms. The third-order valence-electron chi connectivity index (χ3n) is 11.8. The van der Waals surface area contributed by atoms with Crippen molar-refractivity contribution in [1.29, 1.82) is 0 Å². The zero-order chi connectivity index (χ0) is 38.9. The molecule has 0 radical (unpaired) electrons. The number of nitrogens with zero attached hydrogens (tertiary/aromatic N) is 1. The summed E-state index contributed by atoms with van der Waals surface area (Å²) in [7, 11) is 0. The molecule has 59 heavy (non-hydrogen) atoms. The second kappa shape index (κ2) is 13.4. The molecule has 0 N–H and O–H groups in total. The lowest BCUT2D eigenvalue weighted by molar-refractivity contribution is 0.669. The third-order valence-corrected chi connectivity index (χ3v) is 11.8. The van der Waals surface area contributed by atoms with Gasteiger partial charge in [0.1, 0.15) is 22.3 Å². The minimum Gasteiger partial charge on any atom is -0.456 e. The fourth-order valence-corrected chi connectivity index (χ4v) is 8.97. The molecule has 10 aromatic carbocycles. The molecule has 0 aliphatic heterocycles. The smallest absolute Gasteiger partial charge is 0.145 e. The molecule has 0 saturated heterocycles. The molecular weight excluding hydrogens is 719 g/mol. The summed E-state index contributed by atoms with van der Waals surface area (Å²) in [4.78, 5) is 2.38. The molecule has 0 unspecified atom stereocenters. The molecule has 2 aromatic heterocycles. The standard InChI is InChI=1S/C56H35NO2/c1-4-12-36(13-5-1)41-23-27-47-48-29-26-44(35-54(48)58-52(47)32-41)57(43-25-22-40-21-20-39-18-10-11-19-45(39)50(40)34-43)51-31-30-46(38-16-8-3-9-17-38)56-55(51)49-28-24-42(33-53(49)59-56)37-14-6-2-7-15-37/h1-35H. The third kappa shape index (κ3) is 5.51. The van der Waals surface area contributed by atoms with Gasteiger partial charge in [-0.25, -0.2) is 0 Å². The summed E-state index contributed by atoms with van der Waals surface area (Å²) in [5, 5.41) is 9.12. The van der Waals surface area contributed by atoms with Gasteiger partial charge in [0.05, 0.1) is 11.1 Å². The minimum absolute atomic E-state index is 0.834. The first-order valence-corrected chi connectivity index (χ1v) is 20.1. The molecule has 276 valence electrons. The molecule has 3 nitrogen and oxygen atoms in total. The lowest BCUT2D eigenvalue weighted by atomic mass is 9.98. The molecule has 0 fully saturated rings. The highest BCUT2D eigenvalue weighted by atomic mass is 16.3. The van der Waals surface area contributed by atoms with E-state index in [0.717, 1.165) is 94.3 Å². The maximum absolute atomic E-state index is 7.00.